The zero-order valence-electron chi connectivity index (χ0n) is 12.0. The van der Waals surface area contributed by atoms with Crippen LogP contribution in [0.2, 0.25) is 0 Å². The average molecular weight is 354 g/mol. The third-order valence-electron chi connectivity index (χ3n) is 3.61. The van der Waals surface area contributed by atoms with Gasteiger partial charge in [0.1, 0.15) is 5.69 Å². The monoisotopic (exact) mass is 354 g/mol. The van der Waals surface area contributed by atoms with Crippen molar-refractivity contribution in [1.82, 2.24) is 15.1 Å². The number of carbonyl (C=O) groups is 2. The first-order chi connectivity index (χ1) is 10.3. The van der Waals surface area contributed by atoms with Crippen molar-refractivity contribution in [3.8, 4) is 0 Å². The Morgan fingerprint density at radius 3 is 2.74 bits per heavy atom. The van der Waals surface area contributed by atoms with Crippen molar-refractivity contribution in [2.75, 3.05) is 6.54 Å². The van der Waals surface area contributed by atoms with Crippen LogP contribution < -0.4 is 35.3 Å². The molecule has 3 rings (SSSR count). The maximum atomic E-state index is 12.2. The van der Waals surface area contributed by atoms with Crippen molar-refractivity contribution in [2.24, 2.45) is 5.73 Å². The van der Waals surface area contributed by atoms with Gasteiger partial charge in [-0.3, -0.25) is 4.79 Å². The number of nitrogens with zero attached hydrogens (tertiary/aromatic N) is 3. The Morgan fingerprint density at radius 1 is 1.48 bits per heavy atom. The predicted octanol–water partition coefficient (Wildman–Crippen LogP) is -3.89. The molecule has 0 unspecified atom stereocenters. The zero-order valence-corrected chi connectivity index (χ0v) is 14.9. The van der Waals surface area contributed by atoms with Crippen molar-refractivity contribution < 1.29 is 60.9 Å². The molecule has 1 aromatic rings. The van der Waals surface area contributed by atoms with Gasteiger partial charge in [-0.25, -0.2) is 13.2 Å². The second kappa shape index (κ2) is 6.37. The van der Waals surface area contributed by atoms with E-state index in [0.29, 0.717) is 23.6 Å². The van der Waals surface area contributed by atoms with Gasteiger partial charge in [0.2, 0.25) is 16.2 Å². The van der Waals surface area contributed by atoms with Crippen molar-refractivity contribution in [3.05, 3.63) is 17.5 Å². The van der Waals surface area contributed by atoms with E-state index >= 15 is 0 Å². The molecule has 2 aliphatic rings. The van der Waals surface area contributed by atoms with Crippen LogP contribution in [0.25, 0.3) is 0 Å². The SMILES string of the molecule is NC(=O)c1cc([C@@H]2CC[C@@H]3CN2C(=O)N3OS(=O)(=O)[O-])no1.[Na+]. The van der Waals surface area contributed by atoms with E-state index in [2.05, 4.69) is 9.44 Å². The number of aromatic nitrogens is 1. The molecule has 11 nitrogen and oxygen atoms in total. The first-order valence-electron chi connectivity index (χ1n) is 6.28. The van der Waals surface area contributed by atoms with Gasteiger partial charge in [0.05, 0.1) is 12.1 Å². The van der Waals surface area contributed by atoms with E-state index in [1.807, 2.05) is 0 Å². The molecule has 120 valence electrons. The molecule has 0 radical (unpaired) electrons. The maximum absolute atomic E-state index is 12.2. The van der Waals surface area contributed by atoms with E-state index in [9.17, 15) is 22.6 Å². The molecule has 0 aromatic carbocycles. The number of hydrogen-bond acceptors (Lipinski definition) is 8. The average Bonchev–Trinajstić information content (AvgIpc) is 2.99. The molecular formula is C10H11N4NaO7S. The van der Waals surface area contributed by atoms with Gasteiger partial charge < -0.3 is 19.7 Å². The van der Waals surface area contributed by atoms with Crippen molar-refractivity contribution in [2.45, 2.75) is 24.9 Å². The summed E-state index contributed by atoms with van der Waals surface area (Å²) in [6, 6.07) is -0.469. The maximum Gasteiger partial charge on any atom is 1.00 e. The fourth-order valence-electron chi connectivity index (χ4n) is 2.70. The third-order valence-corrected chi connectivity index (χ3v) is 3.95. The second-order valence-corrected chi connectivity index (χ2v) is 5.94. The molecule has 2 N–H and O–H groups in total. The summed E-state index contributed by atoms with van der Waals surface area (Å²) in [4.78, 5) is 24.5. The van der Waals surface area contributed by atoms with E-state index in [4.69, 9.17) is 10.3 Å². The molecule has 3 heterocycles. The van der Waals surface area contributed by atoms with Gasteiger partial charge in [-0.1, -0.05) is 5.16 Å². The summed E-state index contributed by atoms with van der Waals surface area (Å²) in [6.45, 7) is 0.178. The molecule has 2 fully saturated rings. The minimum atomic E-state index is -5.04. The van der Waals surface area contributed by atoms with Gasteiger partial charge in [0.15, 0.2) is 0 Å². The molecule has 1 aromatic heterocycles. The largest absolute Gasteiger partial charge is 1.00 e. The number of urea groups is 1. The molecule has 2 aliphatic heterocycles. The Kier molecular flexibility index (Phi) is 5.03. The Morgan fingerprint density at radius 2 is 2.17 bits per heavy atom. The molecule has 13 heteroatoms. The number of primary amides is 1. The number of carbonyl (C=O) groups excluding carboxylic acids is 2. The molecule has 0 saturated carbocycles. The van der Waals surface area contributed by atoms with Crippen LogP contribution in [-0.2, 0) is 14.7 Å². The first kappa shape index (κ1) is 18.2. The molecule has 0 spiro atoms. The molecule has 2 saturated heterocycles. The van der Waals surface area contributed by atoms with E-state index < -0.39 is 34.4 Å². The number of nitrogens with two attached hydrogens (primary N) is 1. The number of hydroxylamine groups is 2. The Labute approximate surface area is 152 Å². The fraction of sp³-hybridized carbons (Fsp3) is 0.500. The normalized spacial score (nSPS) is 23.8. The minimum Gasteiger partial charge on any atom is -0.724 e. The van der Waals surface area contributed by atoms with Gasteiger partial charge in [-0.2, -0.15) is 9.35 Å². The standard InChI is InChI=1S/C10H12N4O7S.Na/c11-9(15)8-3-6(12-20-8)7-2-1-5-4-13(7)10(16)14(5)21-22(17,18)19;/h3,5,7H,1-2,4H2,(H2,11,15)(H,17,18,19);/q;+1/p-1/t5-,7+;/m1./s1. The fourth-order valence-corrected chi connectivity index (χ4v) is 3.08. The van der Waals surface area contributed by atoms with Gasteiger partial charge >= 0.3 is 35.6 Å². The van der Waals surface area contributed by atoms with Crippen LogP contribution in [0.4, 0.5) is 4.79 Å². The third kappa shape index (κ3) is 3.51. The summed E-state index contributed by atoms with van der Waals surface area (Å²) in [5.41, 5.74) is 5.39. The number of fused-ring (bicyclic) bond motifs is 2. The van der Waals surface area contributed by atoms with Gasteiger partial charge in [0.25, 0.3) is 5.91 Å². The number of amides is 3. The molecule has 23 heavy (non-hydrogen) atoms. The van der Waals surface area contributed by atoms with Crippen molar-refractivity contribution in [1.29, 1.82) is 0 Å². The van der Waals surface area contributed by atoms with Crippen LogP contribution in [0, 0.1) is 0 Å². The van der Waals surface area contributed by atoms with E-state index in [1.54, 1.807) is 0 Å². The summed E-state index contributed by atoms with van der Waals surface area (Å²) in [7, 11) is -5.04. The van der Waals surface area contributed by atoms with Gasteiger partial charge in [-0.05, 0) is 12.8 Å². The van der Waals surface area contributed by atoms with Gasteiger partial charge in [-0.15, -0.1) is 0 Å². The first-order valence-corrected chi connectivity index (χ1v) is 7.61. The Balaban J connectivity index is 0.00000192. The summed E-state index contributed by atoms with van der Waals surface area (Å²) < 4.78 is 41.0. The Bertz CT molecular complexity index is 735. The number of piperidine rings is 1. The summed E-state index contributed by atoms with van der Waals surface area (Å²) in [5, 5.41) is 4.27. The van der Waals surface area contributed by atoms with Gasteiger partial charge in [0, 0.05) is 12.6 Å². The Hall–Kier alpha value is -1.18. The number of rotatable bonds is 4. The van der Waals surface area contributed by atoms with Crippen molar-refractivity contribution >= 4 is 22.3 Å². The summed E-state index contributed by atoms with van der Waals surface area (Å²) >= 11 is 0. The topological polar surface area (TPSA) is 159 Å². The van der Waals surface area contributed by atoms with Crippen LogP contribution in [0.5, 0.6) is 0 Å². The number of hydrogen-bond donors (Lipinski definition) is 1. The molecule has 3 amide bonds. The van der Waals surface area contributed by atoms with E-state index in [0.717, 1.165) is 0 Å². The molecular weight excluding hydrogens is 343 g/mol. The van der Waals surface area contributed by atoms with E-state index in [-0.39, 0.29) is 41.9 Å². The van der Waals surface area contributed by atoms with Crippen LogP contribution >= 0.6 is 0 Å². The van der Waals surface area contributed by atoms with E-state index in [1.165, 1.54) is 11.0 Å². The second-order valence-electron chi connectivity index (χ2n) is 4.97. The molecule has 2 atom stereocenters. The predicted molar refractivity (Wildman–Crippen MR) is 65.5 cm³/mol. The zero-order chi connectivity index (χ0) is 16.1. The van der Waals surface area contributed by atoms with Crippen LogP contribution in [0.15, 0.2) is 10.6 Å². The molecule has 0 aliphatic carbocycles. The summed E-state index contributed by atoms with van der Waals surface area (Å²) in [5.74, 6) is -0.929. The van der Waals surface area contributed by atoms with Crippen molar-refractivity contribution in [3.63, 3.8) is 0 Å². The quantitative estimate of drug-likeness (QED) is 0.326. The van der Waals surface area contributed by atoms with Crippen LogP contribution in [0.3, 0.4) is 0 Å². The minimum absolute atomic E-state index is 0. The molecule has 2 bridgehead atoms. The van der Waals surface area contributed by atoms with Crippen LogP contribution in [-0.4, -0.2) is 52.6 Å². The van der Waals surface area contributed by atoms with Crippen LogP contribution in [0.1, 0.15) is 35.1 Å². The smallest absolute Gasteiger partial charge is 0.724 e. The summed E-state index contributed by atoms with van der Waals surface area (Å²) in [6.07, 6.45) is 0.848.